The Morgan fingerprint density at radius 1 is 1.22 bits per heavy atom. The Kier molecular flexibility index (Phi) is 4.52. The van der Waals surface area contributed by atoms with Gasteiger partial charge in [0.05, 0.1) is 0 Å². The zero-order valence-electron chi connectivity index (χ0n) is 13.2. The predicted molar refractivity (Wildman–Crippen MR) is 89.5 cm³/mol. The standard InChI is InChI=1S/C17H22N4O2/c1-20(13-4-6-14(22)7-5-13)16(15-3-2-8-19-15)17(23)21-11-9-18-10-12-21/h2-8,16,18-19,22H,9-12H2,1H3. The van der Waals surface area contributed by atoms with Gasteiger partial charge < -0.3 is 25.2 Å². The minimum atomic E-state index is -0.410. The van der Waals surface area contributed by atoms with E-state index >= 15 is 0 Å². The van der Waals surface area contributed by atoms with E-state index in [1.165, 1.54) is 0 Å². The number of nitrogens with zero attached hydrogens (tertiary/aromatic N) is 2. The molecule has 3 rings (SSSR count). The molecule has 6 nitrogen and oxygen atoms in total. The number of hydrogen-bond donors (Lipinski definition) is 3. The van der Waals surface area contributed by atoms with Gasteiger partial charge >= 0.3 is 0 Å². The smallest absolute Gasteiger partial charge is 0.251 e. The number of carbonyl (C=O) groups is 1. The van der Waals surface area contributed by atoms with E-state index in [4.69, 9.17) is 0 Å². The molecule has 2 aromatic rings. The quantitative estimate of drug-likeness (QED) is 0.796. The lowest BCUT2D eigenvalue weighted by molar-refractivity contribution is -0.133. The predicted octanol–water partition coefficient (Wildman–Crippen LogP) is 1.33. The average Bonchev–Trinajstić information content (AvgIpc) is 3.10. The van der Waals surface area contributed by atoms with Crippen LogP contribution in [-0.4, -0.2) is 54.1 Å². The molecule has 6 heteroatoms. The van der Waals surface area contributed by atoms with Crippen LogP contribution in [-0.2, 0) is 4.79 Å². The third kappa shape index (κ3) is 3.32. The number of aromatic hydroxyl groups is 1. The van der Waals surface area contributed by atoms with Gasteiger partial charge in [0.1, 0.15) is 11.8 Å². The van der Waals surface area contributed by atoms with Gasteiger partial charge in [-0.05, 0) is 36.4 Å². The SMILES string of the molecule is CN(c1ccc(O)cc1)C(C(=O)N1CCNCC1)c1ccc[nH]1. The van der Waals surface area contributed by atoms with Crippen LogP contribution < -0.4 is 10.2 Å². The van der Waals surface area contributed by atoms with Gasteiger partial charge in [-0.2, -0.15) is 0 Å². The summed E-state index contributed by atoms with van der Waals surface area (Å²) >= 11 is 0. The lowest BCUT2D eigenvalue weighted by atomic mass is 10.1. The van der Waals surface area contributed by atoms with Gasteiger partial charge in [0.2, 0.25) is 0 Å². The zero-order valence-corrected chi connectivity index (χ0v) is 13.2. The molecule has 0 aliphatic carbocycles. The van der Waals surface area contributed by atoms with E-state index in [9.17, 15) is 9.90 Å². The summed E-state index contributed by atoms with van der Waals surface area (Å²) in [6.07, 6.45) is 1.83. The van der Waals surface area contributed by atoms with E-state index in [-0.39, 0.29) is 11.7 Å². The number of phenols is 1. The normalized spacial score (nSPS) is 16.1. The largest absolute Gasteiger partial charge is 0.508 e. The second kappa shape index (κ2) is 6.75. The Labute approximate surface area is 135 Å². The summed E-state index contributed by atoms with van der Waals surface area (Å²) in [6.45, 7) is 3.09. The van der Waals surface area contributed by atoms with Crippen molar-refractivity contribution in [3.8, 4) is 5.75 Å². The van der Waals surface area contributed by atoms with Crippen molar-refractivity contribution in [1.29, 1.82) is 0 Å². The van der Waals surface area contributed by atoms with Crippen molar-refractivity contribution in [2.75, 3.05) is 38.1 Å². The molecule has 0 radical (unpaired) electrons. The number of amides is 1. The van der Waals surface area contributed by atoms with E-state index in [0.717, 1.165) is 37.6 Å². The first kappa shape index (κ1) is 15.4. The number of piperazine rings is 1. The molecule has 1 amide bonds. The van der Waals surface area contributed by atoms with Crippen LogP contribution in [0, 0.1) is 0 Å². The van der Waals surface area contributed by atoms with E-state index in [1.807, 2.05) is 47.3 Å². The number of hydrogen-bond acceptors (Lipinski definition) is 4. The summed E-state index contributed by atoms with van der Waals surface area (Å²) in [6, 6.07) is 10.3. The molecule has 122 valence electrons. The number of rotatable bonds is 4. The first-order chi connectivity index (χ1) is 11.2. The number of benzene rings is 1. The number of aromatic nitrogens is 1. The Hall–Kier alpha value is -2.47. The molecule has 1 unspecified atom stereocenters. The number of nitrogens with one attached hydrogen (secondary N) is 2. The molecule has 1 aliphatic heterocycles. The maximum absolute atomic E-state index is 13.1. The van der Waals surface area contributed by atoms with Gasteiger partial charge in [0, 0.05) is 50.8 Å². The van der Waals surface area contributed by atoms with Crippen LogP contribution in [0.1, 0.15) is 11.7 Å². The summed E-state index contributed by atoms with van der Waals surface area (Å²) in [5, 5.41) is 12.7. The third-order valence-electron chi connectivity index (χ3n) is 4.22. The number of anilines is 1. The average molecular weight is 314 g/mol. The highest BCUT2D eigenvalue weighted by atomic mass is 16.3. The monoisotopic (exact) mass is 314 g/mol. The third-order valence-corrected chi connectivity index (χ3v) is 4.22. The van der Waals surface area contributed by atoms with Gasteiger partial charge in [-0.25, -0.2) is 0 Å². The molecule has 1 aromatic heterocycles. The highest BCUT2D eigenvalue weighted by Crippen LogP contribution is 2.28. The minimum absolute atomic E-state index is 0.0875. The summed E-state index contributed by atoms with van der Waals surface area (Å²) in [7, 11) is 1.90. The number of likely N-dealkylation sites (N-methyl/N-ethyl adjacent to an activating group) is 1. The Bertz CT molecular complexity index is 633. The molecular weight excluding hydrogens is 292 g/mol. The molecule has 2 heterocycles. The Balaban J connectivity index is 1.89. The van der Waals surface area contributed by atoms with Crippen molar-refractivity contribution in [2.24, 2.45) is 0 Å². The number of H-pyrrole nitrogens is 1. The van der Waals surface area contributed by atoms with Crippen molar-refractivity contribution >= 4 is 11.6 Å². The Morgan fingerprint density at radius 2 is 1.91 bits per heavy atom. The summed E-state index contributed by atoms with van der Waals surface area (Å²) < 4.78 is 0. The van der Waals surface area contributed by atoms with Crippen molar-refractivity contribution in [3.05, 3.63) is 48.3 Å². The number of carbonyl (C=O) groups excluding carboxylic acids is 1. The summed E-state index contributed by atoms with van der Waals surface area (Å²) in [5.41, 5.74) is 1.75. The van der Waals surface area contributed by atoms with E-state index < -0.39 is 6.04 Å². The lowest BCUT2D eigenvalue weighted by Gasteiger charge is -2.35. The molecule has 1 atom stereocenters. The molecule has 0 spiro atoms. The van der Waals surface area contributed by atoms with Crippen LogP contribution in [0.3, 0.4) is 0 Å². The first-order valence-electron chi connectivity index (χ1n) is 7.81. The van der Waals surface area contributed by atoms with Crippen LogP contribution in [0.2, 0.25) is 0 Å². The topological polar surface area (TPSA) is 71.6 Å². The maximum Gasteiger partial charge on any atom is 0.251 e. The molecular formula is C17H22N4O2. The van der Waals surface area contributed by atoms with E-state index in [2.05, 4.69) is 10.3 Å². The summed E-state index contributed by atoms with van der Waals surface area (Å²) in [4.78, 5) is 20.1. The lowest BCUT2D eigenvalue weighted by Crippen LogP contribution is -2.50. The number of aromatic amines is 1. The van der Waals surface area contributed by atoms with Gasteiger partial charge in [0.25, 0.3) is 5.91 Å². The highest BCUT2D eigenvalue weighted by molar-refractivity contribution is 5.86. The van der Waals surface area contributed by atoms with E-state index in [0.29, 0.717) is 0 Å². The number of phenolic OH excluding ortho intramolecular Hbond substituents is 1. The minimum Gasteiger partial charge on any atom is -0.508 e. The van der Waals surface area contributed by atoms with Crippen LogP contribution in [0.5, 0.6) is 5.75 Å². The van der Waals surface area contributed by atoms with Gasteiger partial charge in [0.15, 0.2) is 0 Å². The maximum atomic E-state index is 13.1. The fraction of sp³-hybridized carbons (Fsp3) is 0.353. The second-order valence-electron chi connectivity index (χ2n) is 5.73. The molecule has 1 saturated heterocycles. The molecule has 1 aliphatic rings. The highest BCUT2D eigenvalue weighted by Gasteiger charge is 2.31. The Morgan fingerprint density at radius 3 is 2.52 bits per heavy atom. The van der Waals surface area contributed by atoms with E-state index in [1.54, 1.807) is 12.1 Å². The fourth-order valence-corrected chi connectivity index (χ4v) is 2.92. The van der Waals surface area contributed by atoms with Crippen molar-refractivity contribution in [1.82, 2.24) is 15.2 Å². The van der Waals surface area contributed by atoms with Gasteiger partial charge in [-0.1, -0.05) is 0 Å². The molecule has 1 aromatic carbocycles. The summed E-state index contributed by atoms with van der Waals surface area (Å²) in [5.74, 6) is 0.302. The van der Waals surface area contributed by atoms with Gasteiger partial charge in [-0.15, -0.1) is 0 Å². The van der Waals surface area contributed by atoms with Gasteiger partial charge in [-0.3, -0.25) is 4.79 Å². The molecule has 1 fully saturated rings. The van der Waals surface area contributed by atoms with Crippen molar-refractivity contribution < 1.29 is 9.90 Å². The van der Waals surface area contributed by atoms with Crippen LogP contribution in [0.15, 0.2) is 42.6 Å². The molecule has 0 saturated carbocycles. The van der Waals surface area contributed by atoms with Crippen molar-refractivity contribution in [3.63, 3.8) is 0 Å². The van der Waals surface area contributed by atoms with Crippen LogP contribution in [0.4, 0.5) is 5.69 Å². The van der Waals surface area contributed by atoms with Crippen LogP contribution in [0.25, 0.3) is 0 Å². The van der Waals surface area contributed by atoms with Crippen molar-refractivity contribution in [2.45, 2.75) is 6.04 Å². The molecule has 0 bridgehead atoms. The fourth-order valence-electron chi connectivity index (χ4n) is 2.92. The van der Waals surface area contributed by atoms with Crippen LogP contribution >= 0.6 is 0 Å². The second-order valence-corrected chi connectivity index (χ2v) is 5.73. The zero-order chi connectivity index (χ0) is 16.2. The molecule has 3 N–H and O–H groups in total. The first-order valence-corrected chi connectivity index (χ1v) is 7.81. The molecule has 23 heavy (non-hydrogen) atoms.